The van der Waals surface area contributed by atoms with Gasteiger partial charge in [0.25, 0.3) is 0 Å². The summed E-state index contributed by atoms with van der Waals surface area (Å²) in [6.45, 7) is 4.03. The lowest BCUT2D eigenvalue weighted by atomic mass is 9.91. The van der Waals surface area contributed by atoms with Crippen molar-refractivity contribution < 1.29 is 14.6 Å². The van der Waals surface area contributed by atoms with E-state index < -0.39 is 11.9 Å². The summed E-state index contributed by atoms with van der Waals surface area (Å²) in [6.07, 6.45) is 2.22. The van der Waals surface area contributed by atoms with E-state index in [0.29, 0.717) is 18.0 Å². The van der Waals surface area contributed by atoms with Crippen molar-refractivity contribution in [2.75, 3.05) is 7.11 Å². The molecule has 1 atom stereocenters. The maximum atomic E-state index is 11.6. The van der Waals surface area contributed by atoms with Crippen LogP contribution in [-0.4, -0.2) is 23.2 Å². The quantitative estimate of drug-likeness (QED) is 0.906. The van der Waals surface area contributed by atoms with Crippen molar-refractivity contribution in [3.8, 4) is 5.75 Å². The molecule has 1 aromatic carbocycles. The van der Waals surface area contributed by atoms with Crippen LogP contribution in [0.15, 0.2) is 30.5 Å². The summed E-state index contributed by atoms with van der Waals surface area (Å²) >= 11 is 0. The number of carboxylic acids is 1. The summed E-state index contributed by atoms with van der Waals surface area (Å²) in [7, 11) is 1.61. The van der Waals surface area contributed by atoms with Gasteiger partial charge in [-0.15, -0.1) is 0 Å². The monoisotopic (exact) mass is 273 g/mol. The highest BCUT2D eigenvalue weighted by atomic mass is 16.5. The number of methoxy groups -OCH3 is 1. The zero-order valence-electron chi connectivity index (χ0n) is 12.0. The lowest BCUT2D eigenvalue weighted by Crippen LogP contribution is -2.15. The molecule has 2 aromatic rings. The molecular weight excluding hydrogens is 254 g/mol. The van der Waals surface area contributed by atoms with Crippen LogP contribution in [-0.2, 0) is 4.79 Å². The van der Waals surface area contributed by atoms with Crippen LogP contribution in [0.1, 0.15) is 31.9 Å². The largest absolute Gasteiger partial charge is 0.496 e. The number of aromatic nitrogens is 1. The molecule has 0 amide bonds. The lowest BCUT2D eigenvalue weighted by molar-refractivity contribution is -0.139. The molecule has 1 aromatic heterocycles. The number of fused-ring (bicyclic) bond motifs is 1. The third-order valence-corrected chi connectivity index (χ3v) is 3.35. The van der Waals surface area contributed by atoms with Crippen LogP contribution in [0.2, 0.25) is 0 Å². The fourth-order valence-electron chi connectivity index (χ4n) is 2.46. The summed E-state index contributed by atoms with van der Waals surface area (Å²) in [6, 6.07) is 7.48. The second-order valence-electron chi connectivity index (χ2n) is 5.27. The van der Waals surface area contributed by atoms with Gasteiger partial charge in [0.1, 0.15) is 5.75 Å². The van der Waals surface area contributed by atoms with E-state index in [4.69, 9.17) is 4.74 Å². The van der Waals surface area contributed by atoms with Gasteiger partial charge < -0.3 is 9.84 Å². The maximum Gasteiger partial charge on any atom is 0.312 e. The Morgan fingerprint density at radius 3 is 2.65 bits per heavy atom. The SMILES string of the molecule is COc1cccc2c(C(CC(C)C)C(=O)O)nccc12. The first kappa shape index (κ1) is 14.3. The number of ether oxygens (including phenoxy) is 1. The number of pyridine rings is 1. The van der Waals surface area contributed by atoms with E-state index in [2.05, 4.69) is 4.98 Å². The van der Waals surface area contributed by atoms with Gasteiger partial charge in [-0.1, -0.05) is 26.0 Å². The van der Waals surface area contributed by atoms with Crippen molar-refractivity contribution in [3.05, 3.63) is 36.2 Å². The Morgan fingerprint density at radius 1 is 1.30 bits per heavy atom. The Hall–Kier alpha value is -2.10. The van der Waals surface area contributed by atoms with Gasteiger partial charge in [0.2, 0.25) is 0 Å². The molecular formula is C16H19NO3. The molecule has 0 saturated heterocycles. The Bertz CT molecular complexity index is 622. The van der Waals surface area contributed by atoms with Gasteiger partial charge in [-0.05, 0) is 24.5 Å². The number of carboxylic acid groups (broad SMARTS) is 1. The minimum atomic E-state index is -0.832. The van der Waals surface area contributed by atoms with E-state index in [1.807, 2.05) is 38.1 Å². The van der Waals surface area contributed by atoms with Gasteiger partial charge in [0.15, 0.2) is 0 Å². The van der Waals surface area contributed by atoms with Crippen molar-refractivity contribution in [2.24, 2.45) is 5.92 Å². The number of nitrogens with zero attached hydrogens (tertiary/aromatic N) is 1. The van der Waals surface area contributed by atoms with Crippen LogP contribution < -0.4 is 4.74 Å². The Kier molecular flexibility index (Phi) is 4.23. The Morgan fingerprint density at radius 2 is 2.05 bits per heavy atom. The summed E-state index contributed by atoms with van der Waals surface area (Å²) in [5.41, 5.74) is 0.614. The molecule has 0 fully saturated rings. The van der Waals surface area contributed by atoms with E-state index >= 15 is 0 Å². The molecule has 2 rings (SSSR count). The predicted octanol–water partition coefficient (Wildman–Crippen LogP) is 3.46. The molecule has 0 spiro atoms. The Labute approximate surface area is 118 Å². The number of benzene rings is 1. The fraction of sp³-hybridized carbons (Fsp3) is 0.375. The molecule has 4 heteroatoms. The van der Waals surface area contributed by atoms with Gasteiger partial charge in [0, 0.05) is 17.0 Å². The minimum Gasteiger partial charge on any atom is -0.496 e. The van der Waals surface area contributed by atoms with Crippen LogP contribution in [0, 0.1) is 5.92 Å². The highest BCUT2D eigenvalue weighted by molar-refractivity contribution is 5.93. The van der Waals surface area contributed by atoms with E-state index in [9.17, 15) is 9.90 Å². The van der Waals surface area contributed by atoms with Gasteiger partial charge in [-0.25, -0.2) is 0 Å². The summed E-state index contributed by atoms with van der Waals surface area (Å²) in [5.74, 6) is -0.397. The average Bonchev–Trinajstić information content (AvgIpc) is 2.43. The first-order chi connectivity index (χ1) is 9.54. The minimum absolute atomic E-state index is 0.291. The van der Waals surface area contributed by atoms with Crippen molar-refractivity contribution in [1.82, 2.24) is 4.98 Å². The molecule has 106 valence electrons. The molecule has 0 aliphatic rings. The highest BCUT2D eigenvalue weighted by Crippen LogP contribution is 2.32. The van der Waals surface area contributed by atoms with Crippen molar-refractivity contribution >= 4 is 16.7 Å². The number of hydrogen-bond acceptors (Lipinski definition) is 3. The zero-order chi connectivity index (χ0) is 14.7. The van der Waals surface area contributed by atoms with Crippen molar-refractivity contribution in [2.45, 2.75) is 26.2 Å². The van der Waals surface area contributed by atoms with E-state index in [1.165, 1.54) is 0 Å². The summed E-state index contributed by atoms with van der Waals surface area (Å²) in [5, 5.41) is 11.2. The standard InChI is InChI=1S/C16H19NO3/c1-10(2)9-13(16(18)19)15-12-5-4-6-14(20-3)11(12)7-8-17-15/h4-8,10,13H,9H2,1-3H3,(H,18,19). The normalized spacial score (nSPS) is 12.6. The van der Waals surface area contributed by atoms with E-state index in [0.717, 1.165) is 16.5 Å². The molecule has 1 heterocycles. The molecule has 20 heavy (non-hydrogen) atoms. The van der Waals surface area contributed by atoms with Gasteiger partial charge in [-0.2, -0.15) is 0 Å². The van der Waals surface area contributed by atoms with Crippen molar-refractivity contribution in [1.29, 1.82) is 0 Å². The maximum absolute atomic E-state index is 11.6. The topological polar surface area (TPSA) is 59.4 Å². The number of aliphatic carboxylic acids is 1. The molecule has 0 aliphatic carbocycles. The third kappa shape index (κ3) is 2.74. The number of rotatable bonds is 5. The van der Waals surface area contributed by atoms with Crippen LogP contribution in [0.5, 0.6) is 5.75 Å². The molecule has 0 radical (unpaired) electrons. The van der Waals surface area contributed by atoms with Gasteiger partial charge >= 0.3 is 5.97 Å². The molecule has 0 bridgehead atoms. The Balaban J connectivity index is 2.61. The molecule has 1 unspecified atom stereocenters. The second kappa shape index (κ2) is 5.90. The first-order valence-corrected chi connectivity index (χ1v) is 6.69. The smallest absolute Gasteiger partial charge is 0.312 e. The molecule has 1 N–H and O–H groups in total. The lowest BCUT2D eigenvalue weighted by Gasteiger charge is -2.16. The predicted molar refractivity (Wildman–Crippen MR) is 78.1 cm³/mol. The highest BCUT2D eigenvalue weighted by Gasteiger charge is 2.24. The first-order valence-electron chi connectivity index (χ1n) is 6.69. The van der Waals surface area contributed by atoms with Crippen LogP contribution in [0.3, 0.4) is 0 Å². The summed E-state index contributed by atoms with van der Waals surface area (Å²) < 4.78 is 5.33. The number of hydrogen-bond donors (Lipinski definition) is 1. The van der Waals surface area contributed by atoms with Crippen LogP contribution in [0.25, 0.3) is 10.8 Å². The number of carbonyl (C=O) groups is 1. The third-order valence-electron chi connectivity index (χ3n) is 3.35. The zero-order valence-corrected chi connectivity index (χ0v) is 12.0. The average molecular weight is 273 g/mol. The van der Waals surface area contributed by atoms with Crippen LogP contribution in [0.4, 0.5) is 0 Å². The molecule has 0 aliphatic heterocycles. The van der Waals surface area contributed by atoms with Gasteiger partial charge in [0.05, 0.1) is 18.7 Å². The molecule has 4 nitrogen and oxygen atoms in total. The van der Waals surface area contributed by atoms with Crippen molar-refractivity contribution in [3.63, 3.8) is 0 Å². The van der Waals surface area contributed by atoms with E-state index in [1.54, 1.807) is 13.3 Å². The summed E-state index contributed by atoms with van der Waals surface area (Å²) in [4.78, 5) is 15.9. The second-order valence-corrected chi connectivity index (χ2v) is 5.27. The molecule has 0 saturated carbocycles. The van der Waals surface area contributed by atoms with Gasteiger partial charge in [-0.3, -0.25) is 9.78 Å². The van der Waals surface area contributed by atoms with E-state index in [-0.39, 0.29) is 0 Å². The van der Waals surface area contributed by atoms with Crippen LogP contribution >= 0.6 is 0 Å². The fourth-order valence-corrected chi connectivity index (χ4v) is 2.46.